The van der Waals surface area contributed by atoms with E-state index in [2.05, 4.69) is 5.32 Å². The molecular weight excluding hydrogens is 182 g/mol. The lowest BCUT2D eigenvalue weighted by molar-refractivity contribution is -0.137. The molecule has 0 saturated carbocycles. The van der Waals surface area contributed by atoms with Crippen LogP contribution in [0.3, 0.4) is 0 Å². The highest BCUT2D eigenvalue weighted by Gasteiger charge is 1.99. The van der Waals surface area contributed by atoms with Crippen LogP contribution in [0, 0.1) is 0 Å². The summed E-state index contributed by atoms with van der Waals surface area (Å²) in [6.07, 6.45) is 0.832. The van der Waals surface area contributed by atoms with E-state index in [0.717, 1.165) is 0 Å². The largest absolute Gasteiger partial charge is 0.481 e. The molecule has 12 heavy (non-hydrogen) atoms. The molecule has 0 bridgehead atoms. The molecule has 0 spiro atoms. The minimum Gasteiger partial charge on any atom is -0.481 e. The third-order valence-corrected chi connectivity index (χ3v) is 1.40. The molecule has 0 unspecified atom stereocenters. The number of halogens is 1. The monoisotopic (exact) mass is 193 g/mol. The van der Waals surface area contributed by atoms with Gasteiger partial charge in [-0.2, -0.15) is 0 Å². The molecule has 0 heterocycles. The number of aliphatic carboxylic acids is 1. The second-order valence-electron chi connectivity index (χ2n) is 2.29. The number of amides is 1. The molecule has 1 amide bonds. The molecule has 0 aliphatic heterocycles. The molecule has 0 rings (SSSR count). The lowest BCUT2D eigenvalue weighted by Gasteiger charge is -2.01. The van der Waals surface area contributed by atoms with Crippen molar-refractivity contribution in [1.29, 1.82) is 0 Å². The van der Waals surface area contributed by atoms with Gasteiger partial charge in [0.15, 0.2) is 0 Å². The maximum Gasteiger partial charge on any atom is 0.303 e. The van der Waals surface area contributed by atoms with Crippen molar-refractivity contribution in [3.63, 3.8) is 0 Å². The maximum atomic E-state index is 10.7. The smallest absolute Gasteiger partial charge is 0.303 e. The van der Waals surface area contributed by atoms with Gasteiger partial charge in [0, 0.05) is 25.3 Å². The van der Waals surface area contributed by atoms with Crippen molar-refractivity contribution in [1.82, 2.24) is 5.32 Å². The van der Waals surface area contributed by atoms with E-state index in [9.17, 15) is 9.59 Å². The molecule has 0 aliphatic rings. The summed E-state index contributed by atoms with van der Waals surface area (Å²) >= 11 is 5.30. The van der Waals surface area contributed by atoms with Crippen molar-refractivity contribution >= 4 is 23.5 Å². The Morgan fingerprint density at radius 3 is 2.50 bits per heavy atom. The van der Waals surface area contributed by atoms with Gasteiger partial charge in [-0.15, -0.1) is 11.6 Å². The SMILES string of the molecule is O=C(O)CCCNC(=O)CCCl. The van der Waals surface area contributed by atoms with Crippen LogP contribution in [0.4, 0.5) is 0 Å². The molecule has 4 nitrogen and oxygen atoms in total. The number of hydrogen-bond acceptors (Lipinski definition) is 2. The number of hydrogen-bond donors (Lipinski definition) is 2. The highest BCUT2D eigenvalue weighted by atomic mass is 35.5. The minimum atomic E-state index is -0.846. The molecule has 0 fully saturated rings. The van der Waals surface area contributed by atoms with E-state index < -0.39 is 5.97 Å². The van der Waals surface area contributed by atoms with E-state index in [-0.39, 0.29) is 18.7 Å². The van der Waals surface area contributed by atoms with Crippen molar-refractivity contribution in [3.8, 4) is 0 Å². The normalized spacial score (nSPS) is 9.42. The topological polar surface area (TPSA) is 66.4 Å². The van der Waals surface area contributed by atoms with Gasteiger partial charge >= 0.3 is 5.97 Å². The summed E-state index contributed by atoms with van der Waals surface area (Å²) in [5.41, 5.74) is 0. The highest BCUT2D eigenvalue weighted by Crippen LogP contribution is 1.88. The molecule has 0 atom stereocenters. The Hall–Kier alpha value is -0.770. The van der Waals surface area contributed by atoms with Crippen LogP contribution < -0.4 is 5.32 Å². The summed E-state index contributed by atoms with van der Waals surface area (Å²) in [6, 6.07) is 0. The van der Waals surface area contributed by atoms with Gasteiger partial charge in [0.25, 0.3) is 0 Å². The maximum absolute atomic E-state index is 10.7. The summed E-state index contributed by atoms with van der Waals surface area (Å²) in [4.78, 5) is 20.8. The van der Waals surface area contributed by atoms with Gasteiger partial charge in [0.1, 0.15) is 0 Å². The molecular formula is C7H12ClNO3. The third kappa shape index (κ3) is 7.34. The number of carbonyl (C=O) groups is 2. The van der Waals surface area contributed by atoms with Gasteiger partial charge in [-0.25, -0.2) is 0 Å². The van der Waals surface area contributed by atoms with E-state index in [1.54, 1.807) is 0 Å². The van der Waals surface area contributed by atoms with E-state index in [1.807, 2.05) is 0 Å². The zero-order valence-electron chi connectivity index (χ0n) is 6.68. The van der Waals surface area contributed by atoms with E-state index >= 15 is 0 Å². The molecule has 0 aromatic rings. The first-order valence-electron chi connectivity index (χ1n) is 3.71. The van der Waals surface area contributed by atoms with Crippen molar-refractivity contribution in [2.75, 3.05) is 12.4 Å². The van der Waals surface area contributed by atoms with Crippen LogP contribution in [0.5, 0.6) is 0 Å². The number of carboxylic acids is 1. The second-order valence-corrected chi connectivity index (χ2v) is 2.66. The van der Waals surface area contributed by atoms with Crippen LogP contribution in [0.15, 0.2) is 0 Å². The van der Waals surface area contributed by atoms with Crippen LogP contribution in [-0.4, -0.2) is 29.4 Å². The Labute approximate surface area is 75.9 Å². The molecule has 0 saturated heterocycles. The Bertz CT molecular complexity index is 161. The first-order chi connectivity index (χ1) is 5.66. The summed E-state index contributed by atoms with van der Waals surface area (Å²) < 4.78 is 0. The molecule has 0 radical (unpaired) electrons. The highest BCUT2D eigenvalue weighted by molar-refractivity contribution is 6.18. The van der Waals surface area contributed by atoms with Gasteiger partial charge in [0.05, 0.1) is 0 Å². The lowest BCUT2D eigenvalue weighted by Crippen LogP contribution is -2.24. The number of alkyl halides is 1. The first-order valence-corrected chi connectivity index (χ1v) is 4.24. The molecule has 70 valence electrons. The predicted octanol–water partition coefficient (Wildman–Crippen LogP) is 0.596. The van der Waals surface area contributed by atoms with Crippen molar-refractivity contribution in [2.45, 2.75) is 19.3 Å². The van der Waals surface area contributed by atoms with Crippen molar-refractivity contribution < 1.29 is 14.7 Å². The van der Waals surface area contributed by atoms with Crippen molar-refractivity contribution in [3.05, 3.63) is 0 Å². The fourth-order valence-corrected chi connectivity index (χ4v) is 0.813. The third-order valence-electron chi connectivity index (χ3n) is 1.21. The Balaban J connectivity index is 3.19. The summed E-state index contributed by atoms with van der Waals surface area (Å²) in [6.45, 7) is 0.405. The summed E-state index contributed by atoms with van der Waals surface area (Å²) in [5, 5.41) is 10.8. The number of carboxylic acid groups (broad SMARTS) is 1. The molecule has 5 heteroatoms. The van der Waals surface area contributed by atoms with Crippen LogP contribution in [-0.2, 0) is 9.59 Å². The van der Waals surface area contributed by atoms with E-state index in [4.69, 9.17) is 16.7 Å². The average Bonchev–Trinajstić information content (AvgIpc) is 1.98. The fourth-order valence-electron chi connectivity index (χ4n) is 0.642. The Kier molecular flexibility index (Phi) is 6.47. The standard InChI is InChI=1S/C7H12ClNO3/c8-4-3-6(10)9-5-1-2-7(11)12/h1-5H2,(H,9,10)(H,11,12). The number of carbonyl (C=O) groups excluding carboxylic acids is 1. The minimum absolute atomic E-state index is 0.0845. The first kappa shape index (κ1) is 11.2. The molecule has 0 aliphatic carbocycles. The summed E-state index contributed by atoms with van der Waals surface area (Å²) in [5.74, 6) is -0.679. The van der Waals surface area contributed by atoms with Crippen LogP contribution in [0.2, 0.25) is 0 Å². The van der Waals surface area contributed by atoms with E-state index in [1.165, 1.54) is 0 Å². The second kappa shape index (κ2) is 6.91. The van der Waals surface area contributed by atoms with Crippen molar-refractivity contribution in [2.24, 2.45) is 0 Å². The number of rotatable bonds is 6. The molecule has 0 aromatic carbocycles. The average molecular weight is 194 g/mol. The quantitative estimate of drug-likeness (QED) is 0.480. The van der Waals surface area contributed by atoms with Crippen LogP contribution in [0.25, 0.3) is 0 Å². The zero-order valence-corrected chi connectivity index (χ0v) is 7.43. The Morgan fingerprint density at radius 2 is 2.00 bits per heavy atom. The van der Waals surface area contributed by atoms with Gasteiger partial charge < -0.3 is 10.4 Å². The van der Waals surface area contributed by atoms with E-state index in [0.29, 0.717) is 18.8 Å². The molecule has 2 N–H and O–H groups in total. The van der Waals surface area contributed by atoms with Gasteiger partial charge in [-0.05, 0) is 6.42 Å². The number of nitrogens with one attached hydrogen (secondary N) is 1. The predicted molar refractivity (Wildman–Crippen MR) is 45.2 cm³/mol. The lowest BCUT2D eigenvalue weighted by atomic mass is 10.3. The Morgan fingerprint density at radius 1 is 1.33 bits per heavy atom. The molecule has 0 aromatic heterocycles. The summed E-state index contributed by atoms with van der Waals surface area (Å²) in [7, 11) is 0. The zero-order chi connectivity index (χ0) is 9.40. The van der Waals surface area contributed by atoms with Crippen LogP contribution >= 0.6 is 11.6 Å². The van der Waals surface area contributed by atoms with Gasteiger partial charge in [0.2, 0.25) is 5.91 Å². The van der Waals surface area contributed by atoms with Crippen LogP contribution in [0.1, 0.15) is 19.3 Å². The van der Waals surface area contributed by atoms with Gasteiger partial charge in [-0.1, -0.05) is 0 Å². The fraction of sp³-hybridized carbons (Fsp3) is 0.714. The van der Waals surface area contributed by atoms with Gasteiger partial charge in [-0.3, -0.25) is 9.59 Å².